The summed E-state index contributed by atoms with van der Waals surface area (Å²) in [5.41, 5.74) is 1.67. The van der Waals surface area contributed by atoms with Crippen LogP contribution in [0.3, 0.4) is 0 Å². The lowest BCUT2D eigenvalue weighted by molar-refractivity contribution is -0.265. The number of ketones is 2. The Labute approximate surface area is 463 Å². The van der Waals surface area contributed by atoms with Gasteiger partial charge in [-0.15, -0.1) is 0 Å². The third kappa shape index (κ3) is 19.8. The summed E-state index contributed by atoms with van der Waals surface area (Å²) in [7, 11) is 4.59. The molecule has 19 nitrogen and oxygen atoms in total. The van der Waals surface area contributed by atoms with Crippen LogP contribution in [0.5, 0.6) is 0 Å². The Balaban J connectivity index is 1.72. The largest absolute Gasteiger partial charge is 0.460 e. The summed E-state index contributed by atoms with van der Waals surface area (Å²) in [6.07, 6.45) is 10.8. The van der Waals surface area contributed by atoms with E-state index in [4.69, 9.17) is 33.3 Å². The highest BCUT2D eigenvalue weighted by molar-refractivity contribution is 6.39. The number of hydrogen-bond acceptors (Lipinski definition) is 17. The quantitative estimate of drug-likeness (QED) is 0.0421. The third-order valence-electron chi connectivity index (χ3n) is 16.2. The van der Waals surface area contributed by atoms with Gasteiger partial charge in [0.15, 0.2) is 6.61 Å². The lowest BCUT2D eigenvalue weighted by Crippen LogP contribution is -2.61. The molecule has 3 fully saturated rings. The van der Waals surface area contributed by atoms with Gasteiger partial charge >= 0.3 is 5.97 Å². The summed E-state index contributed by atoms with van der Waals surface area (Å²) in [6, 6.07) is -1.14. The molecule has 0 radical (unpaired) electrons. The van der Waals surface area contributed by atoms with Crippen molar-refractivity contribution in [3.05, 3.63) is 47.6 Å². The number of nitrogens with one attached hydrogen (secondary N) is 1. The van der Waals surface area contributed by atoms with Crippen molar-refractivity contribution >= 4 is 35.1 Å². The molecule has 3 heterocycles. The Morgan fingerprint density at radius 2 is 1.62 bits per heavy atom. The van der Waals surface area contributed by atoms with Crippen LogP contribution in [0.2, 0.25) is 0 Å². The van der Waals surface area contributed by atoms with Crippen molar-refractivity contribution in [1.82, 2.24) is 10.2 Å². The lowest BCUT2D eigenvalue weighted by Gasteiger charge is -2.43. The van der Waals surface area contributed by atoms with Gasteiger partial charge in [-0.2, -0.15) is 0 Å². The summed E-state index contributed by atoms with van der Waals surface area (Å²) in [5, 5.41) is 53.8. The number of oxime groups is 1. The van der Waals surface area contributed by atoms with Crippen molar-refractivity contribution in [3.63, 3.8) is 0 Å². The number of cyclic esters (lactones) is 1. The Morgan fingerprint density at radius 1 is 0.872 bits per heavy atom. The SMILES string of the molecule is CO[C@H]1C[C@@H]2CC[C@@H](C)[C@@](O)(O2)C(=O)C(=O)N2CCCC[C@H]2C(=O)O[C@H]([C@H](C)C[C@@H]2CC[C@@H](O)[C@H](OC)C2)C[C@@H](O)[C@H](C)/C=C(\C)[C@@H](O)[C@@H](OC)/C(=N/OCC(=O)NCCOCCC(C)=O)[C@H](C)C[C@H](C)/C=C/C=C/C=C/1C. The van der Waals surface area contributed by atoms with E-state index in [0.717, 1.165) is 12.0 Å². The van der Waals surface area contributed by atoms with E-state index in [9.17, 15) is 44.4 Å². The summed E-state index contributed by atoms with van der Waals surface area (Å²) in [5.74, 6) is -7.64. The van der Waals surface area contributed by atoms with Crippen LogP contribution < -0.4 is 5.32 Å². The van der Waals surface area contributed by atoms with Gasteiger partial charge in [0.1, 0.15) is 30.1 Å². The van der Waals surface area contributed by atoms with Crippen LogP contribution in [0.4, 0.5) is 0 Å². The zero-order valence-electron chi connectivity index (χ0n) is 48.4. The standard InChI is InChI=1S/C59H95N3O16/c1-36-17-13-12-14-18-37(2)49(72-9)33-45-22-20-42(7)59(71,78-45)56(68)57(69)62-26-16-15-19-46(62)58(70)77-50(39(4)31-44-21-23-47(64)51(32-44)73-10)34-48(65)38(3)30-41(6)54(67)55(74-11)53(40(5)29-36)61-76-35-52(66)60-25-28-75-27-24-43(8)63/h12-14,17-18,30,36,38-40,42,44-51,54-55,64-65,67,71H,15-16,19-29,31-35H2,1-11H3,(H,60,66)/b14-12+,17-13+,37-18+,41-30+,61-53+/t36-,38-,39-,40-,42-,44+,45+,46+,47-,48-,49+,50+,51-,54-,55+,59-/m1/s1. The van der Waals surface area contributed by atoms with Crippen molar-refractivity contribution in [2.75, 3.05) is 54.2 Å². The number of aliphatic hydroxyl groups excluding tert-OH is 3. The van der Waals surface area contributed by atoms with Gasteiger partial charge in [-0.3, -0.25) is 19.2 Å². The molecule has 16 atom stereocenters. The Kier molecular flexibility index (Phi) is 28.0. The molecule has 78 heavy (non-hydrogen) atoms. The van der Waals surface area contributed by atoms with Crippen molar-refractivity contribution in [3.8, 4) is 0 Å². The molecule has 4 rings (SSSR count). The fourth-order valence-corrected chi connectivity index (χ4v) is 11.2. The number of allylic oxidation sites excluding steroid dienone is 5. The maximum atomic E-state index is 14.6. The molecule has 2 bridgehead atoms. The minimum absolute atomic E-state index is 0.00840. The van der Waals surface area contributed by atoms with Crippen LogP contribution in [-0.2, 0) is 57.2 Å². The Bertz CT molecular complexity index is 2090. The normalized spacial score (nSPS) is 36.9. The second-order valence-electron chi connectivity index (χ2n) is 22.6. The predicted octanol–water partition coefficient (Wildman–Crippen LogP) is 5.89. The number of esters is 1. The van der Waals surface area contributed by atoms with Crippen LogP contribution in [0, 0.1) is 35.5 Å². The highest BCUT2D eigenvalue weighted by atomic mass is 16.6. The second-order valence-corrected chi connectivity index (χ2v) is 22.6. The van der Waals surface area contributed by atoms with Crippen LogP contribution in [0.25, 0.3) is 0 Å². The highest BCUT2D eigenvalue weighted by Gasteiger charge is 2.53. The average molecular weight is 1100 g/mol. The van der Waals surface area contributed by atoms with Crippen LogP contribution in [0.1, 0.15) is 139 Å². The highest BCUT2D eigenvalue weighted by Crippen LogP contribution is 2.38. The number of ether oxygens (including phenoxy) is 6. The second kappa shape index (κ2) is 32.9. The molecular weight excluding hydrogens is 1010 g/mol. The molecule has 2 amide bonds. The fraction of sp³-hybridized carbons (Fsp3) is 0.763. The maximum absolute atomic E-state index is 14.6. The number of rotatable bonds is 15. The molecule has 2 saturated heterocycles. The minimum atomic E-state index is -2.44. The lowest BCUT2D eigenvalue weighted by atomic mass is 9.78. The van der Waals surface area contributed by atoms with Gasteiger partial charge < -0.3 is 63.9 Å². The number of hydrogen-bond donors (Lipinski definition) is 5. The fourth-order valence-electron chi connectivity index (χ4n) is 11.2. The summed E-state index contributed by atoms with van der Waals surface area (Å²) >= 11 is 0. The minimum Gasteiger partial charge on any atom is -0.460 e. The summed E-state index contributed by atoms with van der Waals surface area (Å²) in [6.45, 7) is 14.8. The van der Waals surface area contributed by atoms with E-state index in [1.54, 1.807) is 41.1 Å². The zero-order valence-corrected chi connectivity index (χ0v) is 48.4. The van der Waals surface area contributed by atoms with Crippen LogP contribution >= 0.6 is 0 Å². The first kappa shape index (κ1) is 66.3. The van der Waals surface area contributed by atoms with Crippen molar-refractivity contribution in [1.29, 1.82) is 0 Å². The van der Waals surface area contributed by atoms with Gasteiger partial charge in [-0.1, -0.05) is 76.2 Å². The molecule has 3 aliphatic heterocycles. The smallest absolute Gasteiger partial charge is 0.329 e. The number of amides is 2. The van der Waals surface area contributed by atoms with Crippen molar-refractivity contribution in [2.24, 2.45) is 40.7 Å². The average Bonchev–Trinajstić information content (AvgIpc) is 3.49. The van der Waals surface area contributed by atoms with Crippen molar-refractivity contribution in [2.45, 2.75) is 200 Å². The first-order valence-corrected chi connectivity index (χ1v) is 28.4. The molecule has 4 aliphatic rings. The topological polar surface area (TPSA) is 259 Å². The van der Waals surface area contributed by atoms with Crippen LogP contribution in [0.15, 0.2) is 52.8 Å². The van der Waals surface area contributed by atoms with Gasteiger partial charge in [0.2, 0.25) is 5.79 Å². The molecule has 1 aliphatic carbocycles. The van der Waals surface area contributed by atoms with E-state index in [2.05, 4.69) is 10.5 Å². The van der Waals surface area contributed by atoms with E-state index in [0.29, 0.717) is 69.1 Å². The number of fused-ring (bicyclic) bond motifs is 3. The summed E-state index contributed by atoms with van der Waals surface area (Å²) < 4.78 is 35.5. The molecule has 1 saturated carbocycles. The molecule has 0 unspecified atom stereocenters. The van der Waals surface area contributed by atoms with E-state index in [-0.39, 0.29) is 81.1 Å². The molecule has 0 spiro atoms. The first-order valence-electron chi connectivity index (χ1n) is 28.4. The molecule has 0 aromatic heterocycles. The van der Waals surface area contributed by atoms with Crippen LogP contribution in [-0.4, -0.2) is 175 Å². The number of aliphatic hydroxyl groups is 4. The zero-order chi connectivity index (χ0) is 57.7. The number of nitrogens with zero attached hydrogens (tertiary/aromatic N) is 2. The van der Waals surface area contributed by atoms with Gasteiger partial charge in [0.25, 0.3) is 17.6 Å². The monoisotopic (exact) mass is 1100 g/mol. The Hall–Kier alpha value is -4.18. The number of methoxy groups -OCH3 is 3. The van der Waals surface area contributed by atoms with Gasteiger partial charge in [0, 0.05) is 71.4 Å². The van der Waals surface area contributed by atoms with Crippen molar-refractivity contribution < 1.29 is 77.7 Å². The van der Waals surface area contributed by atoms with Gasteiger partial charge in [0.05, 0.1) is 49.4 Å². The molecular formula is C59H95N3O16. The van der Waals surface area contributed by atoms with E-state index < -0.39 is 96.6 Å². The maximum Gasteiger partial charge on any atom is 0.329 e. The molecule has 442 valence electrons. The molecule has 0 aromatic carbocycles. The van der Waals surface area contributed by atoms with E-state index >= 15 is 0 Å². The first-order chi connectivity index (χ1) is 37.0. The van der Waals surface area contributed by atoms with Gasteiger partial charge in [-0.05, 0) is 114 Å². The van der Waals surface area contributed by atoms with E-state index in [1.165, 1.54) is 18.9 Å². The number of piperidine rings is 1. The number of carbonyl (C=O) groups excluding carboxylic acids is 5. The summed E-state index contributed by atoms with van der Waals surface area (Å²) in [4.78, 5) is 74.1. The third-order valence-corrected chi connectivity index (χ3v) is 16.2. The Morgan fingerprint density at radius 3 is 2.31 bits per heavy atom. The molecule has 5 N–H and O–H groups in total. The molecule has 19 heteroatoms. The number of carbonyl (C=O) groups is 5. The predicted molar refractivity (Wildman–Crippen MR) is 294 cm³/mol. The van der Waals surface area contributed by atoms with E-state index in [1.807, 2.05) is 58.1 Å². The number of Topliss-reactive ketones (excluding diaryl/α,β-unsaturated/α-hetero) is 2. The molecule has 0 aromatic rings. The van der Waals surface area contributed by atoms with Gasteiger partial charge in [-0.25, -0.2) is 4.79 Å².